The number of amides is 2. The molecule has 11 nitrogen and oxygen atoms in total. The van der Waals surface area contributed by atoms with E-state index in [2.05, 4.69) is 173 Å². The summed E-state index contributed by atoms with van der Waals surface area (Å²) in [5.41, 5.74) is 8.87. The van der Waals surface area contributed by atoms with E-state index in [1.807, 2.05) is 23.9 Å². The maximum absolute atomic E-state index is 13.8. The van der Waals surface area contributed by atoms with E-state index < -0.39 is 33.2 Å². The standard InChI is InChI=1S/C60H69N5O6S2/c1-59(2)51(62(5)48-33-31-46-47(57(48)59)25-18-26-50(46)73(69,70)61-38-40-65(6,7)8)34-29-42-20-17-21-43(58(42)72-44-22-11-9-12-23-44)30-35-52-60(3,4)56-45-24-15-14-19-41(45)28-32-49(56)63(52)39-16-10-13-27-55(68)71-64-53(66)36-37-54(64)67/h9,11-12,14-15,18-19,22-26,28-35,61H,10,13,16-17,20-21,27,36-40H2,1-8H3/q+2. The number of sulfonamides is 1. The van der Waals surface area contributed by atoms with E-state index in [-0.39, 0.29) is 24.7 Å². The Morgan fingerprint density at radius 3 is 2.25 bits per heavy atom. The number of imide groups is 1. The van der Waals surface area contributed by atoms with Crippen molar-refractivity contribution in [3.05, 3.63) is 154 Å². The number of allylic oxidation sites excluding steroid dienone is 7. The molecule has 13 heteroatoms. The number of nitrogens with one attached hydrogen (secondary N) is 1. The average molecular weight is 1020 g/mol. The molecule has 0 bridgehead atoms. The second-order valence-electron chi connectivity index (χ2n) is 21.8. The van der Waals surface area contributed by atoms with Crippen LogP contribution in [0.3, 0.4) is 0 Å². The Hall–Kier alpha value is -6.12. The number of thioether (sulfide) groups is 1. The summed E-state index contributed by atoms with van der Waals surface area (Å²) in [6.07, 6.45) is 14.6. The van der Waals surface area contributed by atoms with Crippen LogP contribution in [0.4, 0.5) is 11.4 Å². The SMILES string of the molecule is C[N+]1=C(/C=C/C2=C(Sc3ccccc3)C(=C/C=C3/N(CCCCCC(=O)ON4C(=O)CCC4=O)c4ccc5ccccc5c4C3(C)C)/CCC2)C(C)(C)c2c1ccc1c(S(=O)(=O)NCC[N+](C)(C)C)cccc21. The van der Waals surface area contributed by atoms with Gasteiger partial charge < -0.3 is 14.2 Å². The van der Waals surface area contributed by atoms with Crippen molar-refractivity contribution >= 4 is 78.2 Å². The second kappa shape index (κ2) is 20.7. The summed E-state index contributed by atoms with van der Waals surface area (Å²) in [7, 11) is 4.52. The van der Waals surface area contributed by atoms with Crippen LogP contribution in [-0.4, -0.2) is 93.9 Å². The molecule has 5 aromatic rings. The third-order valence-electron chi connectivity index (χ3n) is 14.9. The quantitative estimate of drug-likeness (QED) is 0.0424. The van der Waals surface area contributed by atoms with Gasteiger partial charge in [-0.1, -0.05) is 105 Å². The molecule has 9 rings (SSSR count). The van der Waals surface area contributed by atoms with E-state index >= 15 is 0 Å². The molecule has 0 aromatic heterocycles. The molecule has 73 heavy (non-hydrogen) atoms. The number of carbonyl (C=O) groups excluding carboxylic acids is 3. The van der Waals surface area contributed by atoms with E-state index in [1.165, 1.54) is 48.7 Å². The summed E-state index contributed by atoms with van der Waals surface area (Å²) < 4.78 is 33.4. The molecule has 0 unspecified atom stereocenters. The summed E-state index contributed by atoms with van der Waals surface area (Å²) in [4.78, 5) is 47.0. The molecule has 5 aromatic carbocycles. The van der Waals surface area contributed by atoms with Gasteiger partial charge in [0.05, 0.1) is 44.5 Å². The number of benzene rings is 5. The summed E-state index contributed by atoms with van der Waals surface area (Å²) in [5, 5.41) is 4.74. The van der Waals surface area contributed by atoms with Crippen molar-refractivity contribution in [1.29, 1.82) is 0 Å². The fourth-order valence-electron chi connectivity index (χ4n) is 11.2. The fourth-order valence-corrected chi connectivity index (χ4v) is 13.6. The van der Waals surface area contributed by atoms with E-state index in [0.717, 1.165) is 66.4 Å². The number of hydrogen-bond donors (Lipinski definition) is 1. The Balaban J connectivity index is 1.03. The number of hydrogen-bond acceptors (Lipinski definition) is 8. The molecule has 0 saturated carbocycles. The van der Waals surface area contributed by atoms with Crippen molar-refractivity contribution in [3.63, 3.8) is 0 Å². The van der Waals surface area contributed by atoms with Crippen LogP contribution >= 0.6 is 11.8 Å². The largest absolute Gasteiger partial charge is 0.344 e. The Morgan fingerprint density at radius 1 is 0.767 bits per heavy atom. The molecular formula is C60H69N5O6S2+2. The highest BCUT2D eigenvalue weighted by Crippen LogP contribution is 2.52. The van der Waals surface area contributed by atoms with Gasteiger partial charge in [-0.15, -0.1) is 5.06 Å². The highest BCUT2D eigenvalue weighted by Gasteiger charge is 2.45. The van der Waals surface area contributed by atoms with Gasteiger partial charge in [-0.25, -0.2) is 17.9 Å². The van der Waals surface area contributed by atoms with Gasteiger partial charge >= 0.3 is 5.97 Å². The average Bonchev–Trinajstić information content (AvgIpc) is 3.86. The molecule has 1 fully saturated rings. The number of anilines is 1. The lowest BCUT2D eigenvalue weighted by Crippen LogP contribution is -2.41. The number of hydroxylamine groups is 2. The van der Waals surface area contributed by atoms with Gasteiger partial charge in [-0.2, -0.15) is 4.58 Å². The van der Waals surface area contributed by atoms with Gasteiger partial charge in [-0.05, 0) is 115 Å². The van der Waals surface area contributed by atoms with Crippen LogP contribution in [0.25, 0.3) is 21.5 Å². The van der Waals surface area contributed by atoms with Crippen LogP contribution in [0.2, 0.25) is 0 Å². The summed E-state index contributed by atoms with van der Waals surface area (Å²) in [6.45, 7) is 10.9. The molecule has 1 aliphatic carbocycles. The van der Waals surface area contributed by atoms with Crippen LogP contribution < -0.4 is 9.62 Å². The van der Waals surface area contributed by atoms with Crippen LogP contribution in [-0.2, 0) is 40.1 Å². The summed E-state index contributed by atoms with van der Waals surface area (Å²) in [5.74, 6) is -1.50. The molecule has 0 radical (unpaired) electrons. The predicted molar refractivity (Wildman–Crippen MR) is 294 cm³/mol. The first-order valence-corrected chi connectivity index (χ1v) is 28.0. The first-order valence-electron chi connectivity index (χ1n) is 25.7. The van der Waals surface area contributed by atoms with E-state index in [1.54, 1.807) is 6.07 Å². The molecule has 3 aliphatic heterocycles. The zero-order valence-corrected chi connectivity index (χ0v) is 45.2. The molecule has 0 atom stereocenters. The Bertz CT molecular complexity index is 3290. The van der Waals surface area contributed by atoms with Crippen LogP contribution in [0, 0.1) is 0 Å². The predicted octanol–water partition coefficient (Wildman–Crippen LogP) is 11.5. The molecule has 4 aliphatic rings. The van der Waals surface area contributed by atoms with Crippen molar-refractivity contribution in [2.75, 3.05) is 52.7 Å². The third-order valence-corrected chi connectivity index (χ3v) is 17.6. The van der Waals surface area contributed by atoms with Gasteiger partial charge in [0, 0.05) is 75.5 Å². The van der Waals surface area contributed by atoms with E-state index in [0.29, 0.717) is 34.0 Å². The number of unbranched alkanes of at least 4 members (excludes halogenated alkanes) is 2. The minimum absolute atomic E-state index is 0.0734. The first kappa shape index (κ1) is 51.8. The lowest BCUT2D eigenvalue weighted by Gasteiger charge is -2.28. The molecule has 1 N–H and O–H groups in total. The number of likely N-dealkylation sites (N-methyl/N-ethyl adjacent to an activating group) is 1. The molecule has 1 saturated heterocycles. The lowest BCUT2D eigenvalue weighted by atomic mass is 9.78. The smallest absolute Gasteiger partial charge is 0.333 e. The van der Waals surface area contributed by atoms with E-state index in [4.69, 9.17) is 4.84 Å². The van der Waals surface area contributed by atoms with Gasteiger partial charge in [0.15, 0.2) is 5.71 Å². The number of fused-ring (bicyclic) bond motifs is 6. The van der Waals surface area contributed by atoms with Crippen LogP contribution in [0.1, 0.15) is 96.6 Å². The number of carbonyl (C=O) groups is 3. The summed E-state index contributed by atoms with van der Waals surface area (Å²) >= 11 is 1.82. The number of nitrogens with zero attached hydrogens (tertiary/aromatic N) is 4. The second-order valence-corrected chi connectivity index (χ2v) is 24.6. The molecule has 380 valence electrons. The monoisotopic (exact) mass is 1020 g/mol. The zero-order chi connectivity index (χ0) is 51.9. The zero-order valence-electron chi connectivity index (χ0n) is 43.6. The fraction of sp³-hybridized carbons (Fsp3) is 0.367. The number of quaternary nitrogens is 1. The maximum Gasteiger partial charge on any atom is 0.333 e. The molecular weight excluding hydrogens is 951 g/mol. The minimum Gasteiger partial charge on any atom is -0.344 e. The van der Waals surface area contributed by atoms with Gasteiger partial charge in [-0.3, -0.25) is 9.59 Å². The van der Waals surface area contributed by atoms with Gasteiger partial charge in [0.2, 0.25) is 15.7 Å². The van der Waals surface area contributed by atoms with E-state index in [9.17, 15) is 22.8 Å². The van der Waals surface area contributed by atoms with Crippen molar-refractivity contribution in [1.82, 2.24) is 9.79 Å². The van der Waals surface area contributed by atoms with Crippen LogP contribution in [0.15, 0.2) is 153 Å². The Morgan fingerprint density at radius 2 is 1.49 bits per heavy atom. The number of rotatable bonds is 17. The highest BCUT2D eigenvalue weighted by atomic mass is 32.2. The van der Waals surface area contributed by atoms with Gasteiger partial charge in [0.1, 0.15) is 7.05 Å². The minimum atomic E-state index is -3.76. The van der Waals surface area contributed by atoms with Gasteiger partial charge in [0.25, 0.3) is 11.8 Å². The normalized spacial score (nSPS) is 18.9. The van der Waals surface area contributed by atoms with Crippen molar-refractivity contribution in [2.24, 2.45) is 0 Å². The highest BCUT2D eigenvalue weighted by molar-refractivity contribution is 8.03. The summed E-state index contributed by atoms with van der Waals surface area (Å²) in [6, 6.07) is 33.3. The topological polar surface area (TPSA) is 116 Å². The Kier molecular flexibility index (Phi) is 14.6. The Labute approximate surface area is 435 Å². The third kappa shape index (κ3) is 10.5. The van der Waals surface area contributed by atoms with Crippen LogP contribution in [0.5, 0.6) is 0 Å². The molecule has 0 spiro atoms. The molecule has 3 heterocycles. The van der Waals surface area contributed by atoms with Crippen molar-refractivity contribution < 1.29 is 36.7 Å². The van der Waals surface area contributed by atoms with Crippen molar-refractivity contribution in [3.8, 4) is 0 Å². The maximum atomic E-state index is 13.8. The first-order chi connectivity index (χ1) is 34.8. The lowest BCUT2D eigenvalue weighted by molar-refractivity contribution is -0.869. The van der Waals surface area contributed by atoms with Crippen molar-refractivity contribution in [2.45, 2.75) is 106 Å². The molecule has 2 amide bonds.